The van der Waals surface area contributed by atoms with Crippen LogP contribution in [-0.4, -0.2) is 22.3 Å². The van der Waals surface area contributed by atoms with Crippen LogP contribution in [-0.2, 0) is 4.74 Å². The molecule has 3 N–H and O–H groups in total. The number of ether oxygens (including phenoxy) is 1. The number of hydroxylamine groups is 2. The second kappa shape index (κ2) is 1.36. The minimum absolute atomic E-state index is 0.0556. The highest BCUT2D eigenvalue weighted by Crippen LogP contribution is 2.24. The zero-order valence-corrected chi connectivity index (χ0v) is 4.93. The van der Waals surface area contributed by atoms with Crippen LogP contribution in [0.3, 0.4) is 0 Å². The molecule has 6 nitrogen and oxygen atoms in total. The molecule has 2 aliphatic heterocycles. The first-order valence-corrected chi connectivity index (χ1v) is 2.61. The SMILES string of the molecule is NC1=N[N+]2(O)C=NC=C2O1. The lowest BCUT2D eigenvalue weighted by Crippen LogP contribution is -2.31. The van der Waals surface area contributed by atoms with Gasteiger partial charge in [0.05, 0.1) is 4.76 Å². The van der Waals surface area contributed by atoms with Crippen LogP contribution in [0.25, 0.3) is 0 Å². The molecule has 1 atom stereocenters. The van der Waals surface area contributed by atoms with Gasteiger partial charge in [-0.25, -0.2) is 0 Å². The summed E-state index contributed by atoms with van der Waals surface area (Å²) in [5.41, 5.74) is 5.16. The second-order valence-electron chi connectivity index (χ2n) is 1.92. The van der Waals surface area contributed by atoms with Gasteiger partial charge in [-0.2, -0.15) is 10.2 Å². The molecule has 6 heteroatoms. The lowest BCUT2D eigenvalue weighted by Gasteiger charge is -2.04. The molecule has 0 aromatic heterocycles. The lowest BCUT2D eigenvalue weighted by atomic mass is 10.8. The van der Waals surface area contributed by atoms with Gasteiger partial charge in [0.25, 0.3) is 6.34 Å². The molecule has 0 fully saturated rings. The molecule has 0 amide bonds. The number of amidine groups is 1. The minimum atomic E-state index is -0.786. The number of rotatable bonds is 0. The summed E-state index contributed by atoms with van der Waals surface area (Å²) in [7, 11) is 0. The van der Waals surface area contributed by atoms with Gasteiger partial charge in [0.1, 0.15) is 6.20 Å². The van der Waals surface area contributed by atoms with Gasteiger partial charge >= 0.3 is 11.9 Å². The summed E-state index contributed by atoms with van der Waals surface area (Å²) in [5.74, 6) is 0.206. The van der Waals surface area contributed by atoms with Gasteiger partial charge < -0.3 is 10.5 Å². The smallest absolute Gasteiger partial charge is 0.369 e. The lowest BCUT2D eigenvalue weighted by molar-refractivity contribution is -1.00. The number of fused-ring (bicyclic) bond motifs is 1. The number of nitrogens with zero attached hydrogens (tertiary/aromatic N) is 3. The van der Waals surface area contributed by atoms with Crippen molar-refractivity contribution in [1.82, 2.24) is 0 Å². The van der Waals surface area contributed by atoms with Crippen molar-refractivity contribution in [2.45, 2.75) is 0 Å². The van der Waals surface area contributed by atoms with Crippen LogP contribution in [0.2, 0.25) is 0 Å². The Morgan fingerprint density at radius 3 is 3.20 bits per heavy atom. The van der Waals surface area contributed by atoms with Gasteiger partial charge in [-0.15, -0.1) is 0 Å². The number of hydrogen-bond donors (Lipinski definition) is 2. The molecular formula is C4H5N4O2+. The molecule has 0 aromatic rings. The molecule has 2 heterocycles. The average molecular weight is 141 g/mol. The van der Waals surface area contributed by atoms with Gasteiger partial charge in [0.2, 0.25) is 0 Å². The molecule has 10 heavy (non-hydrogen) atoms. The van der Waals surface area contributed by atoms with E-state index < -0.39 is 4.76 Å². The monoisotopic (exact) mass is 141 g/mol. The zero-order valence-electron chi connectivity index (χ0n) is 4.93. The van der Waals surface area contributed by atoms with Crippen LogP contribution in [0.4, 0.5) is 0 Å². The maximum Gasteiger partial charge on any atom is 0.386 e. The van der Waals surface area contributed by atoms with Gasteiger partial charge in [-0.3, -0.25) is 0 Å². The Labute approximate surface area is 56.1 Å². The normalized spacial score (nSPS) is 34.9. The molecule has 0 saturated carbocycles. The number of aliphatic imine (C=N–C) groups is 1. The third kappa shape index (κ3) is 0.488. The summed E-state index contributed by atoms with van der Waals surface area (Å²) in [6.07, 6.45) is 2.55. The quantitative estimate of drug-likeness (QED) is 0.437. The van der Waals surface area contributed by atoms with Crippen LogP contribution < -0.4 is 5.73 Å². The standard InChI is InChI=1S/C4H5N4O2/c5-4-7-8(9)2-6-1-3(8)10-4/h1-2,9H,(H2,5,7)/q+1. The number of nitrogens with two attached hydrogens (primary N) is 1. The van der Waals surface area contributed by atoms with Gasteiger partial charge in [0, 0.05) is 5.10 Å². The summed E-state index contributed by atoms with van der Waals surface area (Å²) in [6, 6.07) is -0.0556. The van der Waals surface area contributed by atoms with Crippen molar-refractivity contribution in [3.63, 3.8) is 0 Å². The van der Waals surface area contributed by atoms with Crippen LogP contribution in [0.1, 0.15) is 0 Å². The van der Waals surface area contributed by atoms with Crippen molar-refractivity contribution >= 4 is 12.4 Å². The topological polar surface area (TPSA) is 80.2 Å². The van der Waals surface area contributed by atoms with E-state index >= 15 is 0 Å². The first-order valence-electron chi connectivity index (χ1n) is 2.61. The van der Waals surface area contributed by atoms with Crippen molar-refractivity contribution < 1.29 is 14.7 Å². The summed E-state index contributed by atoms with van der Waals surface area (Å²) < 4.78 is 3.99. The number of quaternary nitrogens is 1. The zero-order chi connectivity index (χ0) is 7.19. The van der Waals surface area contributed by atoms with Crippen LogP contribution in [0.15, 0.2) is 22.2 Å². The summed E-state index contributed by atoms with van der Waals surface area (Å²) in [5, 5.41) is 12.9. The molecule has 52 valence electrons. The van der Waals surface area contributed by atoms with E-state index in [1.54, 1.807) is 0 Å². The third-order valence-electron chi connectivity index (χ3n) is 1.20. The molecular weight excluding hydrogens is 136 g/mol. The van der Waals surface area contributed by atoms with Crippen LogP contribution in [0.5, 0.6) is 0 Å². The third-order valence-corrected chi connectivity index (χ3v) is 1.20. The second-order valence-corrected chi connectivity index (χ2v) is 1.92. The highest BCUT2D eigenvalue weighted by molar-refractivity contribution is 5.74. The predicted molar refractivity (Wildman–Crippen MR) is 31.3 cm³/mol. The molecule has 0 spiro atoms. The van der Waals surface area contributed by atoms with E-state index in [2.05, 4.69) is 10.1 Å². The summed E-state index contributed by atoms with van der Waals surface area (Å²) in [6.45, 7) is 0. The fraction of sp³-hybridized carbons (Fsp3) is 0. The highest BCUT2D eigenvalue weighted by atomic mass is 16.7. The first kappa shape index (κ1) is 5.39. The van der Waals surface area contributed by atoms with Crippen molar-refractivity contribution in [3.8, 4) is 0 Å². The molecule has 0 saturated heterocycles. The Balaban J connectivity index is 2.47. The van der Waals surface area contributed by atoms with Gasteiger partial charge in [-0.05, 0) is 0 Å². The predicted octanol–water partition coefficient (Wildman–Crippen LogP) is -0.707. The molecule has 2 rings (SSSR count). The Morgan fingerprint density at radius 1 is 1.70 bits per heavy atom. The average Bonchev–Trinajstić information content (AvgIpc) is 2.20. The van der Waals surface area contributed by atoms with Crippen molar-refractivity contribution in [1.29, 1.82) is 0 Å². The first-order chi connectivity index (χ1) is 4.71. The number of hydrogen-bond acceptors (Lipinski definition) is 5. The molecule has 0 aromatic carbocycles. The van der Waals surface area contributed by atoms with E-state index in [-0.39, 0.29) is 11.9 Å². The van der Waals surface area contributed by atoms with Crippen molar-refractivity contribution in [3.05, 3.63) is 12.1 Å². The molecule has 0 radical (unpaired) electrons. The summed E-state index contributed by atoms with van der Waals surface area (Å²) >= 11 is 0. The van der Waals surface area contributed by atoms with E-state index in [0.29, 0.717) is 0 Å². The van der Waals surface area contributed by atoms with Crippen LogP contribution >= 0.6 is 0 Å². The van der Waals surface area contributed by atoms with E-state index in [4.69, 9.17) is 10.5 Å². The van der Waals surface area contributed by atoms with E-state index in [9.17, 15) is 5.21 Å². The van der Waals surface area contributed by atoms with Crippen molar-refractivity contribution in [2.75, 3.05) is 0 Å². The molecule has 0 aliphatic carbocycles. The Hall–Kier alpha value is -1.40. The molecule has 2 aliphatic rings. The van der Waals surface area contributed by atoms with Crippen LogP contribution in [0, 0.1) is 0 Å². The fourth-order valence-electron chi connectivity index (χ4n) is 0.778. The van der Waals surface area contributed by atoms with Crippen molar-refractivity contribution in [2.24, 2.45) is 15.8 Å². The maximum absolute atomic E-state index is 9.33. The maximum atomic E-state index is 9.33. The molecule has 0 bridgehead atoms. The Bertz CT molecular complexity index is 268. The Morgan fingerprint density at radius 2 is 2.50 bits per heavy atom. The molecule has 1 unspecified atom stereocenters. The van der Waals surface area contributed by atoms with Gasteiger partial charge in [0.15, 0.2) is 0 Å². The van der Waals surface area contributed by atoms with E-state index in [0.717, 1.165) is 0 Å². The minimum Gasteiger partial charge on any atom is -0.369 e. The summed E-state index contributed by atoms with van der Waals surface area (Å²) in [4.78, 5) is 3.62. The van der Waals surface area contributed by atoms with Gasteiger partial charge in [-0.1, -0.05) is 0 Å². The fourth-order valence-corrected chi connectivity index (χ4v) is 0.778. The largest absolute Gasteiger partial charge is 0.386 e. The van der Waals surface area contributed by atoms with E-state index in [1.165, 1.54) is 12.5 Å². The Kier molecular flexibility index (Phi) is 0.733. The highest BCUT2D eigenvalue weighted by Gasteiger charge is 2.44. The van der Waals surface area contributed by atoms with E-state index in [1.807, 2.05) is 0 Å².